The minimum Gasteiger partial charge on any atom is -0.481 e. The summed E-state index contributed by atoms with van der Waals surface area (Å²) >= 11 is 0. The number of carbonyl (C=O) groups excluding carboxylic acids is 1. The number of nitro benzene ring substituents is 1. The van der Waals surface area contributed by atoms with Crippen LogP contribution < -0.4 is 5.32 Å². The summed E-state index contributed by atoms with van der Waals surface area (Å²) in [5.41, 5.74) is 0.214. The summed E-state index contributed by atoms with van der Waals surface area (Å²) < 4.78 is 0. The molecule has 2 saturated carbocycles. The molecule has 2 aliphatic rings. The Morgan fingerprint density at radius 1 is 1.23 bits per heavy atom. The van der Waals surface area contributed by atoms with E-state index in [-0.39, 0.29) is 23.4 Å². The summed E-state index contributed by atoms with van der Waals surface area (Å²) in [5, 5.41) is 22.8. The highest BCUT2D eigenvalue weighted by Crippen LogP contribution is 2.52. The monoisotopic (exact) mass is 304 g/mol. The second kappa shape index (κ2) is 5.40. The van der Waals surface area contributed by atoms with Gasteiger partial charge in [0.1, 0.15) is 0 Å². The van der Waals surface area contributed by atoms with Crippen LogP contribution >= 0.6 is 0 Å². The van der Waals surface area contributed by atoms with Gasteiger partial charge in [0.05, 0.1) is 16.8 Å². The van der Waals surface area contributed by atoms with E-state index in [1.54, 1.807) is 6.07 Å². The van der Waals surface area contributed by atoms with E-state index >= 15 is 0 Å². The van der Waals surface area contributed by atoms with Gasteiger partial charge in [-0.2, -0.15) is 0 Å². The van der Waals surface area contributed by atoms with E-state index in [0.717, 1.165) is 19.3 Å². The van der Waals surface area contributed by atoms with Gasteiger partial charge in [-0.25, -0.2) is 0 Å². The van der Waals surface area contributed by atoms with Crippen LogP contribution in [0.15, 0.2) is 24.3 Å². The molecular weight excluding hydrogens is 288 g/mol. The Kier molecular flexibility index (Phi) is 3.56. The van der Waals surface area contributed by atoms with Crippen molar-refractivity contribution in [3.05, 3.63) is 34.4 Å². The van der Waals surface area contributed by atoms with Crippen LogP contribution in [0.1, 0.15) is 19.3 Å². The third-order valence-electron chi connectivity index (χ3n) is 4.83. The molecule has 7 nitrogen and oxygen atoms in total. The van der Waals surface area contributed by atoms with Crippen LogP contribution in [0.25, 0.3) is 0 Å². The van der Waals surface area contributed by atoms with Gasteiger partial charge in [-0.1, -0.05) is 6.07 Å². The molecule has 1 aromatic rings. The van der Waals surface area contributed by atoms with Gasteiger partial charge in [0.15, 0.2) is 0 Å². The molecule has 1 aromatic carbocycles. The van der Waals surface area contributed by atoms with Crippen molar-refractivity contribution in [3.63, 3.8) is 0 Å². The molecule has 2 bridgehead atoms. The molecule has 0 aliphatic heterocycles. The number of amides is 1. The average molecular weight is 304 g/mol. The lowest BCUT2D eigenvalue weighted by Gasteiger charge is -2.27. The van der Waals surface area contributed by atoms with E-state index in [1.807, 2.05) is 0 Å². The molecule has 0 unspecified atom stereocenters. The number of rotatable bonds is 4. The van der Waals surface area contributed by atoms with Crippen molar-refractivity contribution in [2.45, 2.75) is 19.3 Å². The molecule has 4 atom stereocenters. The largest absolute Gasteiger partial charge is 0.481 e. The number of non-ortho nitro benzene ring substituents is 1. The van der Waals surface area contributed by atoms with Gasteiger partial charge < -0.3 is 10.4 Å². The Morgan fingerprint density at radius 3 is 2.55 bits per heavy atom. The maximum absolute atomic E-state index is 12.5. The predicted molar refractivity (Wildman–Crippen MR) is 77.2 cm³/mol. The predicted octanol–water partition coefficient (Wildman–Crippen LogP) is 2.28. The second-order valence-corrected chi connectivity index (χ2v) is 6.02. The number of nitrogens with zero attached hydrogens (tertiary/aromatic N) is 1. The number of nitrogens with one attached hydrogen (secondary N) is 1. The number of carboxylic acid groups (broad SMARTS) is 1. The van der Waals surface area contributed by atoms with Crippen molar-refractivity contribution in [1.29, 1.82) is 0 Å². The van der Waals surface area contributed by atoms with E-state index in [4.69, 9.17) is 0 Å². The highest BCUT2D eigenvalue weighted by atomic mass is 16.6. The fourth-order valence-electron chi connectivity index (χ4n) is 3.95. The Morgan fingerprint density at radius 2 is 1.91 bits per heavy atom. The van der Waals surface area contributed by atoms with Gasteiger partial charge in [0.2, 0.25) is 5.91 Å². The van der Waals surface area contributed by atoms with Crippen molar-refractivity contribution < 1.29 is 19.6 Å². The van der Waals surface area contributed by atoms with Gasteiger partial charge in [0.25, 0.3) is 5.69 Å². The van der Waals surface area contributed by atoms with Crippen LogP contribution in [-0.4, -0.2) is 21.9 Å². The molecular formula is C15H16N2O5. The van der Waals surface area contributed by atoms with Crippen LogP contribution in [0.3, 0.4) is 0 Å². The lowest BCUT2D eigenvalue weighted by molar-refractivity contribution is -0.384. The number of benzene rings is 1. The summed E-state index contributed by atoms with van der Waals surface area (Å²) in [6, 6.07) is 5.67. The number of anilines is 1. The molecule has 0 spiro atoms. The summed E-state index contributed by atoms with van der Waals surface area (Å²) in [6.45, 7) is 0. The first kappa shape index (κ1) is 14.5. The summed E-state index contributed by atoms with van der Waals surface area (Å²) in [7, 11) is 0. The second-order valence-electron chi connectivity index (χ2n) is 6.02. The maximum atomic E-state index is 12.5. The first-order valence-electron chi connectivity index (χ1n) is 7.25. The van der Waals surface area contributed by atoms with Crippen molar-refractivity contribution >= 4 is 23.3 Å². The van der Waals surface area contributed by atoms with Crippen LogP contribution in [0.2, 0.25) is 0 Å². The summed E-state index contributed by atoms with van der Waals surface area (Å²) in [4.78, 5) is 34.1. The SMILES string of the molecule is O=C(O)[C@H]1[C@H]2CC[C@H](C2)[C@@H]1C(=O)Nc1cccc([N+](=O)[O-])c1. The summed E-state index contributed by atoms with van der Waals surface area (Å²) in [6.07, 6.45) is 2.52. The lowest BCUT2D eigenvalue weighted by atomic mass is 9.78. The number of carboxylic acids is 1. The fourth-order valence-corrected chi connectivity index (χ4v) is 3.95. The molecule has 2 N–H and O–H groups in total. The number of carbonyl (C=O) groups is 2. The Bertz CT molecular complexity index is 645. The average Bonchev–Trinajstić information content (AvgIpc) is 3.07. The van der Waals surface area contributed by atoms with Crippen molar-refractivity contribution in [2.75, 3.05) is 5.32 Å². The molecule has 0 saturated heterocycles. The zero-order valence-corrected chi connectivity index (χ0v) is 11.8. The maximum Gasteiger partial charge on any atom is 0.307 e. The number of nitro groups is 1. The third kappa shape index (κ3) is 2.43. The van der Waals surface area contributed by atoms with E-state index in [1.165, 1.54) is 18.2 Å². The van der Waals surface area contributed by atoms with Gasteiger partial charge in [-0.3, -0.25) is 19.7 Å². The topological polar surface area (TPSA) is 110 Å². The first-order valence-corrected chi connectivity index (χ1v) is 7.25. The smallest absolute Gasteiger partial charge is 0.307 e. The van der Waals surface area contributed by atoms with E-state index < -0.39 is 22.7 Å². The Balaban J connectivity index is 1.78. The normalized spacial score (nSPS) is 29.3. The number of hydrogen-bond donors (Lipinski definition) is 2. The molecule has 3 rings (SSSR count). The molecule has 2 fully saturated rings. The van der Waals surface area contributed by atoms with E-state index in [0.29, 0.717) is 5.69 Å². The molecule has 0 aromatic heterocycles. The molecule has 116 valence electrons. The van der Waals surface area contributed by atoms with Crippen molar-refractivity contribution in [3.8, 4) is 0 Å². The Hall–Kier alpha value is -2.44. The highest BCUT2D eigenvalue weighted by molar-refractivity contribution is 5.96. The van der Waals surface area contributed by atoms with Crippen LogP contribution in [0.5, 0.6) is 0 Å². The molecule has 2 aliphatic carbocycles. The molecule has 22 heavy (non-hydrogen) atoms. The van der Waals surface area contributed by atoms with Crippen LogP contribution in [-0.2, 0) is 9.59 Å². The van der Waals surface area contributed by atoms with Gasteiger partial charge in [-0.05, 0) is 37.2 Å². The van der Waals surface area contributed by atoms with Crippen LogP contribution in [0, 0.1) is 33.8 Å². The third-order valence-corrected chi connectivity index (χ3v) is 4.83. The zero-order chi connectivity index (χ0) is 15.9. The Labute approximate surface area is 126 Å². The summed E-state index contributed by atoms with van der Waals surface area (Å²) in [5.74, 6) is -2.28. The van der Waals surface area contributed by atoms with Crippen LogP contribution in [0.4, 0.5) is 11.4 Å². The number of hydrogen-bond acceptors (Lipinski definition) is 4. The van der Waals surface area contributed by atoms with Gasteiger partial charge >= 0.3 is 5.97 Å². The molecule has 0 radical (unpaired) electrons. The van der Waals surface area contributed by atoms with Crippen molar-refractivity contribution in [1.82, 2.24) is 0 Å². The number of fused-ring (bicyclic) bond motifs is 2. The number of aliphatic carboxylic acids is 1. The van der Waals surface area contributed by atoms with Gasteiger partial charge in [0, 0.05) is 17.8 Å². The van der Waals surface area contributed by atoms with Crippen molar-refractivity contribution in [2.24, 2.45) is 23.7 Å². The van der Waals surface area contributed by atoms with Gasteiger partial charge in [-0.15, -0.1) is 0 Å². The molecule has 1 amide bonds. The molecule has 0 heterocycles. The van der Waals surface area contributed by atoms with E-state index in [9.17, 15) is 24.8 Å². The first-order chi connectivity index (χ1) is 10.5. The minimum absolute atomic E-state index is 0.0726. The lowest BCUT2D eigenvalue weighted by Crippen LogP contribution is -2.37. The highest BCUT2D eigenvalue weighted by Gasteiger charge is 2.53. The minimum atomic E-state index is -0.925. The van der Waals surface area contributed by atoms with E-state index in [2.05, 4.69) is 5.32 Å². The quantitative estimate of drug-likeness (QED) is 0.655. The zero-order valence-electron chi connectivity index (χ0n) is 11.8. The molecule has 7 heteroatoms. The fraction of sp³-hybridized carbons (Fsp3) is 0.467. The standard InChI is InChI=1S/C15H16N2O5/c18-14(16-10-2-1-3-11(7-10)17(21)22)12-8-4-5-9(6-8)13(12)15(19)20/h1-3,7-9,12-13H,4-6H2,(H,16,18)(H,19,20)/t8-,9+,12+,13+/m1/s1.